The molecule has 2 N–H and O–H groups in total. The molecule has 2 aromatic rings. The molecule has 1 aliphatic carbocycles. The van der Waals surface area contributed by atoms with E-state index in [0.29, 0.717) is 25.0 Å². The van der Waals surface area contributed by atoms with E-state index in [9.17, 15) is 14.4 Å². The molecule has 7 heteroatoms. The van der Waals surface area contributed by atoms with Crippen LogP contribution in [-0.2, 0) is 14.3 Å². The third-order valence-electron chi connectivity index (χ3n) is 6.58. The number of hydrogen-bond acceptors (Lipinski definition) is 4. The quantitative estimate of drug-likeness (QED) is 0.609. The summed E-state index contributed by atoms with van der Waals surface area (Å²) in [4.78, 5) is 38.6. The predicted molar refractivity (Wildman–Crippen MR) is 128 cm³/mol. The van der Waals surface area contributed by atoms with Gasteiger partial charge in [0.1, 0.15) is 12.6 Å². The molecule has 0 radical (unpaired) electrons. The molecule has 2 amide bonds. The van der Waals surface area contributed by atoms with Gasteiger partial charge in [-0.2, -0.15) is 0 Å². The topological polar surface area (TPSA) is 95.9 Å². The first-order valence-corrected chi connectivity index (χ1v) is 11.8. The molecule has 34 heavy (non-hydrogen) atoms. The fourth-order valence-corrected chi connectivity index (χ4v) is 4.73. The van der Waals surface area contributed by atoms with Gasteiger partial charge in [-0.3, -0.25) is 4.79 Å². The van der Waals surface area contributed by atoms with Crippen molar-refractivity contribution in [3.63, 3.8) is 0 Å². The number of aliphatic carboxylic acids is 1. The van der Waals surface area contributed by atoms with Gasteiger partial charge in [0, 0.05) is 24.6 Å². The SMILES string of the molecule is CCCCC(NC(=O)OCC1c2ccccc2-c2ccccc21)C(=O)N1CC=C(C(=O)O)CC1. The van der Waals surface area contributed by atoms with Gasteiger partial charge in [0.15, 0.2) is 0 Å². The first-order chi connectivity index (χ1) is 16.5. The summed E-state index contributed by atoms with van der Waals surface area (Å²) in [5.41, 5.74) is 4.89. The summed E-state index contributed by atoms with van der Waals surface area (Å²) in [7, 11) is 0. The van der Waals surface area contributed by atoms with Crippen LogP contribution in [0.3, 0.4) is 0 Å². The Balaban J connectivity index is 1.40. The second kappa shape index (κ2) is 10.5. The fourth-order valence-electron chi connectivity index (χ4n) is 4.73. The van der Waals surface area contributed by atoms with Crippen LogP contribution in [0.4, 0.5) is 4.79 Å². The zero-order valence-electron chi connectivity index (χ0n) is 19.3. The third-order valence-corrected chi connectivity index (χ3v) is 6.58. The maximum atomic E-state index is 13.1. The average molecular weight is 463 g/mol. The number of carbonyl (C=O) groups is 3. The summed E-state index contributed by atoms with van der Waals surface area (Å²) >= 11 is 0. The number of amides is 2. The van der Waals surface area contributed by atoms with Crippen LogP contribution in [0.2, 0.25) is 0 Å². The maximum Gasteiger partial charge on any atom is 0.407 e. The first kappa shape index (κ1) is 23.5. The number of hydrogen-bond donors (Lipinski definition) is 2. The highest BCUT2D eigenvalue weighted by molar-refractivity contribution is 5.89. The lowest BCUT2D eigenvalue weighted by molar-refractivity contribution is -0.135. The van der Waals surface area contributed by atoms with E-state index in [1.807, 2.05) is 31.2 Å². The Hall–Kier alpha value is -3.61. The summed E-state index contributed by atoms with van der Waals surface area (Å²) < 4.78 is 5.63. The minimum Gasteiger partial charge on any atom is -0.478 e. The standard InChI is InChI=1S/C27H30N2O5/c1-2-3-12-24(25(30)29-15-13-18(14-16-29)26(31)32)28-27(33)34-17-23-21-10-6-4-8-19(21)20-9-5-7-11-22(20)23/h4-11,13,23-24H,2-3,12,14-17H2,1H3,(H,28,33)(H,31,32). The van der Waals surface area contributed by atoms with Crippen LogP contribution in [0.5, 0.6) is 0 Å². The van der Waals surface area contributed by atoms with E-state index in [1.165, 1.54) is 0 Å². The molecule has 2 aliphatic rings. The van der Waals surface area contributed by atoms with Crippen LogP contribution in [0.1, 0.15) is 49.7 Å². The minimum atomic E-state index is -0.952. The van der Waals surface area contributed by atoms with Crippen molar-refractivity contribution < 1.29 is 24.2 Å². The zero-order chi connectivity index (χ0) is 24.1. The number of carboxylic acids is 1. The highest BCUT2D eigenvalue weighted by Crippen LogP contribution is 2.44. The van der Waals surface area contributed by atoms with Crippen molar-refractivity contribution in [2.24, 2.45) is 0 Å². The minimum absolute atomic E-state index is 0.0513. The van der Waals surface area contributed by atoms with Gasteiger partial charge < -0.3 is 20.1 Å². The molecule has 2 aromatic carbocycles. The Morgan fingerprint density at radius 1 is 1.09 bits per heavy atom. The summed E-state index contributed by atoms with van der Waals surface area (Å²) in [6.07, 6.45) is 3.42. The molecular weight excluding hydrogens is 432 g/mol. The van der Waals surface area contributed by atoms with E-state index in [4.69, 9.17) is 9.84 Å². The molecule has 7 nitrogen and oxygen atoms in total. The lowest BCUT2D eigenvalue weighted by atomic mass is 9.98. The molecule has 1 atom stereocenters. The lowest BCUT2D eigenvalue weighted by Crippen LogP contribution is -2.50. The van der Waals surface area contributed by atoms with Crippen LogP contribution in [-0.4, -0.2) is 53.7 Å². The molecule has 1 heterocycles. The summed E-state index contributed by atoms with van der Waals surface area (Å²) in [6.45, 7) is 2.77. The van der Waals surface area contributed by atoms with Gasteiger partial charge >= 0.3 is 12.1 Å². The van der Waals surface area contributed by atoms with E-state index < -0.39 is 18.1 Å². The average Bonchev–Trinajstić information content (AvgIpc) is 3.18. The zero-order valence-corrected chi connectivity index (χ0v) is 19.3. The molecule has 1 unspecified atom stereocenters. The van der Waals surface area contributed by atoms with E-state index in [0.717, 1.165) is 35.1 Å². The molecule has 0 bridgehead atoms. The Morgan fingerprint density at radius 3 is 2.29 bits per heavy atom. The molecule has 0 saturated carbocycles. The van der Waals surface area contributed by atoms with Crippen molar-refractivity contribution in [2.45, 2.75) is 44.6 Å². The Kier molecular flexibility index (Phi) is 7.30. The van der Waals surface area contributed by atoms with Crippen LogP contribution < -0.4 is 5.32 Å². The van der Waals surface area contributed by atoms with Gasteiger partial charge in [-0.05, 0) is 35.1 Å². The largest absolute Gasteiger partial charge is 0.478 e. The molecule has 4 rings (SSSR count). The van der Waals surface area contributed by atoms with Crippen molar-refractivity contribution in [2.75, 3.05) is 19.7 Å². The van der Waals surface area contributed by atoms with Gasteiger partial charge in [0.05, 0.1) is 0 Å². The summed E-state index contributed by atoms with van der Waals surface area (Å²) in [6, 6.07) is 15.6. The number of rotatable bonds is 8. The highest BCUT2D eigenvalue weighted by Gasteiger charge is 2.31. The van der Waals surface area contributed by atoms with Gasteiger partial charge in [-0.1, -0.05) is 74.4 Å². The normalized spacial score (nSPS) is 15.7. The number of carbonyl (C=O) groups excluding carboxylic acids is 2. The van der Waals surface area contributed by atoms with Gasteiger partial charge in [-0.25, -0.2) is 9.59 Å². The second-order valence-electron chi connectivity index (χ2n) is 8.73. The van der Waals surface area contributed by atoms with Crippen molar-refractivity contribution in [3.05, 3.63) is 71.3 Å². The van der Waals surface area contributed by atoms with E-state index in [2.05, 4.69) is 29.6 Å². The smallest absolute Gasteiger partial charge is 0.407 e. The highest BCUT2D eigenvalue weighted by atomic mass is 16.5. The van der Waals surface area contributed by atoms with Gasteiger partial charge in [-0.15, -0.1) is 0 Å². The number of carboxylic acid groups (broad SMARTS) is 1. The van der Waals surface area contributed by atoms with Crippen LogP contribution in [0, 0.1) is 0 Å². The first-order valence-electron chi connectivity index (χ1n) is 11.8. The monoisotopic (exact) mass is 462 g/mol. The predicted octanol–water partition coefficient (Wildman–Crippen LogP) is 4.33. The molecule has 1 aliphatic heterocycles. The Bertz CT molecular complexity index is 1060. The fraction of sp³-hybridized carbons (Fsp3) is 0.370. The summed E-state index contributed by atoms with van der Waals surface area (Å²) in [5, 5.41) is 11.9. The Morgan fingerprint density at radius 2 is 1.74 bits per heavy atom. The van der Waals surface area contributed by atoms with E-state index in [-0.39, 0.29) is 25.0 Å². The Labute approximate surface area is 199 Å². The van der Waals surface area contributed by atoms with Crippen molar-refractivity contribution >= 4 is 18.0 Å². The summed E-state index contributed by atoms with van der Waals surface area (Å²) in [5.74, 6) is -1.21. The number of nitrogens with zero attached hydrogens (tertiary/aromatic N) is 1. The molecular formula is C27H30N2O5. The van der Waals surface area contributed by atoms with E-state index in [1.54, 1.807) is 11.0 Å². The maximum absolute atomic E-state index is 13.1. The lowest BCUT2D eigenvalue weighted by Gasteiger charge is -2.29. The number of unbranched alkanes of at least 4 members (excludes halogenated alkanes) is 1. The number of alkyl carbamates (subject to hydrolysis) is 1. The van der Waals surface area contributed by atoms with Crippen molar-refractivity contribution in [3.8, 4) is 11.1 Å². The number of nitrogens with one attached hydrogen (secondary N) is 1. The van der Waals surface area contributed by atoms with Gasteiger partial charge in [0.2, 0.25) is 5.91 Å². The van der Waals surface area contributed by atoms with Crippen LogP contribution in [0.25, 0.3) is 11.1 Å². The van der Waals surface area contributed by atoms with Crippen LogP contribution in [0.15, 0.2) is 60.2 Å². The van der Waals surface area contributed by atoms with Crippen LogP contribution >= 0.6 is 0 Å². The number of benzene rings is 2. The second-order valence-corrected chi connectivity index (χ2v) is 8.73. The molecule has 0 spiro atoms. The van der Waals surface area contributed by atoms with Gasteiger partial charge in [0.25, 0.3) is 0 Å². The third kappa shape index (κ3) is 4.98. The molecule has 0 saturated heterocycles. The van der Waals surface area contributed by atoms with Crippen molar-refractivity contribution in [1.82, 2.24) is 10.2 Å². The molecule has 178 valence electrons. The molecule has 0 fully saturated rings. The van der Waals surface area contributed by atoms with Crippen molar-refractivity contribution in [1.29, 1.82) is 0 Å². The number of fused-ring (bicyclic) bond motifs is 3. The number of ether oxygens (including phenoxy) is 1. The molecule has 0 aromatic heterocycles. The van der Waals surface area contributed by atoms with E-state index >= 15 is 0 Å².